The van der Waals surface area contributed by atoms with Gasteiger partial charge in [0.2, 0.25) is 0 Å². The molecule has 1 aromatic heterocycles. The third-order valence-electron chi connectivity index (χ3n) is 6.42. The number of nitrogens with zero attached hydrogens (tertiary/aromatic N) is 1. The van der Waals surface area contributed by atoms with Crippen molar-refractivity contribution in [2.24, 2.45) is 0 Å². The minimum atomic E-state index is -0.647. The van der Waals surface area contributed by atoms with E-state index < -0.39 is 5.91 Å². The van der Waals surface area contributed by atoms with Crippen molar-refractivity contribution < 1.29 is 14.4 Å². The number of para-hydroxylation sites is 1. The molecule has 1 amide bonds. The first-order chi connectivity index (χ1) is 15.8. The lowest BCUT2D eigenvalue weighted by Crippen LogP contribution is -2.35. The van der Waals surface area contributed by atoms with Crippen LogP contribution in [0.5, 0.6) is 0 Å². The molecule has 2 aromatic carbocycles. The zero-order valence-electron chi connectivity index (χ0n) is 19.5. The first kappa shape index (κ1) is 23.2. The van der Waals surface area contributed by atoms with E-state index in [4.69, 9.17) is 5.21 Å². The van der Waals surface area contributed by atoms with Gasteiger partial charge < -0.3 is 4.98 Å². The number of hydrogen-bond donors (Lipinski definition) is 3. The van der Waals surface area contributed by atoms with Crippen molar-refractivity contribution in [3.63, 3.8) is 0 Å². The summed E-state index contributed by atoms with van der Waals surface area (Å²) in [7, 11) is 0. The molecule has 33 heavy (non-hydrogen) atoms. The molecule has 1 aliphatic rings. The topological polar surface area (TPSA) is 68.4 Å². The number of nitrogens with one attached hydrogen (secondary N) is 2. The van der Waals surface area contributed by atoms with E-state index >= 15 is 0 Å². The van der Waals surface area contributed by atoms with Gasteiger partial charge in [-0.2, -0.15) is 0 Å². The molecule has 0 radical (unpaired) electrons. The largest absolute Gasteiger partial charge is 0.358 e. The maximum atomic E-state index is 14.8. The van der Waals surface area contributed by atoms with E-state index in [2.05, 4.69) is 54.9 Å². The van der Waals surface area contributed by atoms with Gasteiger partial charge in [-0.05, 0) is 54.6 Å². The summed E-state index contributed by atoms with van der Waals surface area (Å²) in [4.78, 5) is 17.2. The lowest BCUT2D eigenvalue weighted by molar-refractivity contribution is -0.124. The molecule has 3 N–H and O–H groups in total. The summed E-state index contributed by atoms with van der Waals surface area (Å²) < 4.78 is 14.8. The van der Waals surface area contributed by atoms with E-state index in [1.165, 1.54) is 39.8 Å². The van der Waals surface area contributed by atoms with Gasteiger partial charge in [0.1, 0.15) is 5.82 Å². The number of carbonyl (C=O) groups excluding carboxylic acids is 1. The molecule has 3 aromatic rings. The molecular weight excluding hydrogens is 417 g/mol. The number of H-pyrrole nitrogens is 1. The zero-order chi connectivity index (χ0) is 23.6. The van der Waals surface area contributed by atoms with Crippen LogP contribution in [0.25, 0.3) is 17.0 Å². The van der Waals surface area contributed by atoms with Crippen LogP contribution in [0.1, 0.15) is 61.9 Å². The van der Waals surface area contributed by atoms with Crippen LogP contribution in [-0.2, 0) is 16.8 Å². The third kappa shape index (κ3) is 5.18. The Morgan fingerprint density at radius 3 is 2.79 bits per heavy atom. The summed E-state index contributed by atoms with van der Waals surface area (Å²) in [6.45, 7) is 9.13. The van der Waals surface area contributed by atoms with E-state index in [1.54, 1.807) is 12.1 Å². The number of hydroxylamine groups is 1. The molecular formula is C27H32FN3O2. The molecule has 1 atom stereocenters. The number of fused-ring (bicyclic) bond motifs is 1. The molecule has 0 spiro atoms. The second-order valence-electron chi connectivity index (χ2n) is 9.94. The Morgan fingerprint density at radius 1 is 1.27 bits per heavy atom. The predicted octanol–water partition coefficient (Wildman–Crippen LogP) is 5.50. The van der Waals surface area contributed by atoms with Crippen LogP contribution in [0.4, 0.5) is 4.39 Å². The molecule has 0 unspecified atom stereocenters. The van der Waals surface area contributed by atoms with Gasteiger partial charge >= 0.3 is 0 Å². The lowest BCUT2D eigenvalue weighted by Gasteiger charge is -2.34. The number of rotatable bonds is 5. The number of aromatic nitrogens is 1. The minimum Gasteiger partial charge on any atom is -0.358 e. The summed E-state index contributed by atoms with van der Waals surface area (Å²) in [6, 6.07) is 13.5. The van der Waals surface area contributed by atoms with Crippen LogP contribution in [0.3, 0.4) is 0 Å². The van der Waals surface area contributed by atoms with Crippen molar-refractivity contribution in [2.75, 3.05) is 13.1 Å². The molecule has 0 bridgehead atoms. The van der Waals surface area contributed by atoms with Gasteiger partial charge in [-0.1, -0.05) is 51.1 Å². The molecule has 0 aliphatic carbocycles. The van der Waals surface area contributed by atoms with Gasteiger partial charge in [0.05, 0.1) is 0 Å². The van der Waals surface area contributed by atoms with Crippen molar-refractivity contribution in [2.45, 2.75) is 51.5 Å². The van der Waals surface area contributed by atoms with Crippen LogP contribution in [0.15, 0.2) is 48.5 Å². The number of halogens is 1. The van der Waals surface area contributed by atoms with E-state index in [1.807, 2.05) is 0 Å². The molecule has 1 aliphatic heterocycles. The summed E-state index contributed by atoms with van der Waals surface area (Å²) in [5, 5.41) is 9.87. The first-order valence-corrected chi connectivity index (χ1v) is 11.5. The number of piperidine rings is 1. The van der Waals surface area contributed by atoms with Gasteiger partial charge in [-0.15, -0.1) is 0 Å². The molecule has 0 saturated carbocycles. The van der Waals surface area contributed by atoms with Gasteiger partial charge in [-0.25, -0.2) is 9.87 Å². The molecule has 6 heteroatoms. The van der Waals surface area contributed by atoms with Crippen LogP contribution in [-0.4, -0.2) is 34.1 Å². The van der Waals surface area contributed by atoms with E-state index in [0.29, 0.717) is 23.6 Å². The van der Waals surface area contributed by atoms with Crippen molar-refractivity contribution in [1.29, 1.82) is 0 Å². The Morgan fingerprint density at radius 2 is 2.06 bits per heavy atom. The van der Waals surface area contributed by atoms with Crippen molar-refractivity contribution in [1.82, 2.24) is 15.4 Å². The Labute approximate surface area is 194 Å². The third-order valence-corrected chi connectivity index (χ3v) is 6.42. The van der Waals surface area contributed by atoms with Crippen molar-refractivity contribution >= 4 is 22.9 Å². The second kappa shape index (κ2) is 9.49. The van der Waals surface area contributed by atoms with Crippen LogP contribution >= 0.6 is 0 Å². The van der Waals surface area contributed by atoms with Crippen molar-refractivity contribution in [3.05, 3.63) is 76.7 Å². The Bertz CT molecular complexity index is 1180. The quantitative estimate of drug-likeness (QED) is 0.274. The summed E-state index contributed by atoms with van der Waals surface area (Å²) in [6.07, 6.45) is 4.84. The average molecular weight is 450 g/mol. The minimum absolute atomic E-state index is 0.0129. The standard InChI is InChI=1S/C27H32FN3O2/c1-27(2,3)26-25(21-8-4-5-9-23(21)29-26)20-7-6-14-31(17-20)16-19-12-10-18(15-22(19)28)11-13-24(32)30-33/h4-5,8-13,15,20,29,33H,6-7,14,16-17H2,1-3H3,(H,30,32)/t20-/m1/s1. The second-order valence-corrected chi connectivity index (χ2v) is 9.94. The number of carbonyl (C=O) groups is 1. The number of benzene rings is 2. The van der Waals surface area contributed by atoms with Crippen molar-refractivity contribution in [3.8, 4) is 0 Å². The molecule has 1 fully saturated rings. The highest BCUT2D eigenvalue weighted by atomic mass is 19.1. The number of aromatic amines is 1. The van der Waals surface area contributed by atoms with Gasteiger partial charge in [-0.3, -0.25) is 14.9 Å². The number of amides is 1. The highest BCUT2D eigenvalue weighted by Crippen LogP contribution is 2.39. The molecule has 2 heterocycles. The zero-order valence-corrected chi connectivity index (χ0v) is 19.5. The fourth-order valence-corrected chi connectivity index (χ4v) is 4.86. The van der Waals surface area contributed by atoms with Gasteiger partial charge in [0, 0.05) is 46.7 Å². The molecule has 5 nitrogen and oxygen atoms in total. The van der Waals surface area contributed by atoms with E-state index in [0.717, 1.165) is 32.0 Å². The summed E-state index contributed by atoms with van der Waals surface area (Å²) in [5.74, 6) is -0.539. The number of likely N-dealkylation sites (tertiary alicyclic amines) is 1. The van der Waals surface area contributed by atoms with Gasteiger partial charge in [0.25, 0.3) is 5.91 Å². The molecule has 174 valence electrons. The predicted molar refractivity (Wildman–Crippen MR) is 130 cm³/mol. The highest BCUT2D eigenvalue weighted by Gasteiger charge is 2.30. The summed E-state index contributed by atoms with van der Waals surface area (Å²) >= 11 is 0. The smallest absolute Gasteiger partial charge is 0.267 e. The van der Waals surface area contributed by atoms with E-state index in [9.17, 15) is 9.18 Å². The average Bonchev–Trinajstić information content (AvgIpc) is 3.19. The molecule has 4 rings (SSSR count). The Kier molecular flexibility index (Phi) is 6.68. The molecule has 1 saturated heterocycles. The monoisotopic (exact) mass is 449 g/mol. The lowest BCUT2D eigenvalue weighted by atomic mass is 9.81. The maximum absolute atomic E-state index is 14.8. The maximum Gasteiger partial charge on any atom is 0.267 e. The fraction of sp³-hybridized carbons (Fsp3) is 0.370. The summed E-state index contributed by atoms with van der Waals surface area (Å²) in [5.41, 5.74) is 6.65. The van der Waals surface area contributed by atoms with Crippen LogP contribution in [0, 0.1) is 5.82 Å². The first-order valence-electron chi connectivity index (χ1n) is 11.5. The fourth-order valence-electron chi connectivity index (χ4n) is 4.86. The highest BCUT2D eigenvalue weighted by molar-refractivity contribution is 5.90. The van der Waals surface area contributed by atoms with Gasteiger partial charge in [0.15, 0.2) is 0 Å². The van der Waals surface area contributed by atoms with Crippen LogP contribution in [0.2, 0.25) is 0 Å². The van der Waals surface area contributed by atoms with E-state index in [-0.39, 0.29) is 11.2 Å². The van der Waals surface area contributed by atoms with Crippen LogP contribution < -0.4 is 5.48 Å². The Balaban J connectivity index is 1.55. The Hall–Kier alpha value is -2.96. The normalized spacial score (nSPS) is 17.7. The SMILES string of the molecule is CC(C)(C)c1[nH]c2ccccc2c1[C@@H]1CCCN(Cc2ccc(C=CC(=O)NO)cc2F)C1. The number of hydrogen-bond acceptors (Lipinski definition) is 3.